The molecule has 0 unspecified atom stereocenters. The van der Waals surface area contributed by atoms with Crippen LogP contribution in [0.3, 0.4) is 0 Å². The fourth-order valence-corrected chi connectivity index (χ4v) is 4.45. The van der Waals surface area contributed by atoms with Gasteiger partial charge in [-0.05, 0) is 82.2 Å². The Kier molecular flexibility index (Phi) is 9.11. The zero-order valence-corrected chi connectivity index (χ0v) is 23.2. The molecule has 7 nitrogen and oxygen atoms in total. The molecule has 0 spiro atoms. The van der Waals surface area contributed by atoms with Crippen LogP contribution in [0.2, 0.25) is 0 Å². The van der Waals surface area contributed by atoms with Gasteiger partial charge in [-0.25, -0.2) is 9.59 Å². The largest absolute Gasteiger partial charge is 0.478 e. The standard InChI is InChI=1S/C29H22F4IN3O4/c30-26(31)29(32,33)41-23-8-4-7-20(15-23)28(16-18-5-2-1-3-6-18,24-14-11-21(34)17-35-24)37-27(40)36-22-12-9-19(10-13-22)25(38)39/h1-15,17,26H,16H2,(H,38,39)(H2,36,37,40)/t28-/m0/s1. The fraction of sp³-hybridized carbons (Fsp3) is 0.138. The summed E-state index contributed by atoms with van der Waals surface area (Å²) in [5.74, 6) is -1.67. The van der Waals surface area contributed by atoms with Crippen molar-refractivity contribution < 1.29 is 37.0 Å². The summed E-state index contributed by atoms with van der Waals surface area (Å²) in [5.41, 5.74) is 0.101. The number of ether oxygens (including phenoxy) is 1. The number of carbonyl (C=O) groups is 2. The summed E-state index contributed by atoms with van der Waals surface area (Å²) >= 11 is 2.06. The smallest absolute Gasteiger partial charge is 0.461 e. The van der Waals surface area contributed by atoms with Gasteiger partial charge < -0.3 is 20.5 Å². The molecule has 0 aliphatic carbocycles. The molecule has 12 heteroatoms. The van der Waals surface area contributed by atoms with Crippen molar-refractivity contribution in [3.63, 3.8) is 0 Å². The molecule has 0 radical (unpaired) electrons. The molecule has 0 bridgehead atoms. The number of aromatic carboxylic acids is 1. The highest BCUT2D eigenvalue weighted by Crippen LogP contribution is 2.36. The molecular formula is C29H22F4IN3O4. The molecule has 1 atom stereocenters. The lowest BCUT2D eigenvalue weighted by atomic mass is 9.80. The van der Waals surface area contributed by atoms with Gasteiger partial charge in [0.25, 0.3) is 0 Å². The second-order valence-electron chi connectivity index (χ2n) is 8.88. The number of alkyl halides is 4. The Labute approximate surface area is 245 Å². The van der Waals surface area contributed by atoms with Crippen LogP contribution >= 0.6 is 22.6 Å². The van der Waals surface area contributed by atoms with E-state index in [4.69, 9.17) is 5.11 Å². The molecule has 41 heavy (non-hydrogen) atoms. The van der Waals surface area contributed by atoms with Crippen LogP contribution in [0.25, 0.3) is 0 Å². The number of urea groups is 1. The minimum Gasteiger partial charge on any atom is -0.478 e. The number of carboxylic acids is 1. The van der Waals surface area contributed by atoms with Gasteiger partial charge in [0.1, 0.15) is 11.3 Å². The number of hydrogen-bond donors (Lipinski definition) is 3. The van der Waals surface area contributed by atoms with Crippen LogP contribution in [0.5, 0.6) is 5.75 Å². The predicted octanol–water partition coefficient (Wildman–Crippen LogP) is 6.93. The number of aromatic nitrogens is 1. The Balaban J connectivity index is 1.81. The van der Waals surface area contributed by atoms with Gasteiger partial charge in [0.2, 0.25) is 0 Å². The Morgan fingerprint density at radius 3 is 2.27 bits per heavy atom. The molecule has 1 aromatic heterocycles. The van der Waals surface area contributed by atoms with Gasteiger partial charge in [-0.1, -0.05) is 42.5 Å². The molecule has 0 aliphatic heterocycles. The first-order valence-electron chi connectivity index (χ1n) is 12.0. The van der Waals surface area contributed by atoms with E-state index >= 15 is 0 Å². The maximum absolute atomic E-state index is 13.8. The second-order valence-corrected chi connectivity index (χ2v) is 10.1. The molecule has 0 saturated heterocycles. The zero-order valence-electron chi connectivity index (χ0n) is 21.0. The van der Waals surface area contributed by atoms with Gasteiger partial charge in [0, 0.05) is 21.9 Å². The topological polar surface area (TPSA) is 101 Å². The highest BCUT2D eigenvalue weighted by Gasteiger charge is 2.44. The molecule has 0 aliphatic rings. The van der Waals surface area contributed by atoms with Crippen molar-refractivity contribution in [1.29, 1.82) is 0 Å². The maximum Gasteiger partial charge on any atom is 0.461 e. The van der Waals surface area contributed by atoms with E-state index in [1.54, 1.807) is 48.7 Å². The van der Waals surface area contributed by atoms with E-state index in [1.165, 1.54) is 36.4 Å². The molecular weight excluding hydrogens is 657 g/mol. The van der Waals surface area contributed by atoms with Gasteiger partial charge >= 0.3 is 24.5 Å². The first-order chi connectivity index (χ1) is 19.5. The highest BCUT2D eigenvalue weighted by atomic mass is 127. The van der Waals surface area contributed by atoms with Crippen molar-refractivity contribution in [3.05, 3.63) is 123 Å². The van der Waals surface area contributed by atoms with E-state index in [0.29, 0.717) is 5.69 Å². The highest BCUT2D eigenvalue weighted by molar-refractivity contribution is 14.1. The van der Waals surface area contributed by atoms with Crippen molar-refractivity contribution in [2.24, 2.45) is 0 Å². The number of anilines is 1. The van der Waals surface area contributed by atoms with Crippen LogP contribution in [0, 0.1) is 3.57 Å². The maximum atomic E-state index is 13.8. The third kappa shape index (κ3) is 7.31. The minimum atomic E-state index is -4.74. The lowest BCUT2D eigenvalue weighted by molar-refractivity contribution is -0.253. The van der Waals surface area contributed by atoms with Gasteiger partial charge in [0.15, 0.2) is 0 Å². The molecule has 0 saturated carbocycles. The number of rotatable bonds is 10. The van der Waals surface area contributed by atoms with Crippen molar-refractivity contribution in [3.8, 4) is 5.75 Å². The van der Waals surface area contributed by atoms with Gasteiger partial charge in [-0.15, -0.1) is 0 Å². The number of nitrogens with one attached hydrogen (secondary N) is 2. The first kappa shape index (κ1) is 29.8. The van der Waals surface area contributed by atoms with E-state index in [0.717, 1.165) is 21.3 Å². The Morgan fingerprint density at radius 2 is 1.66 bits per heavy atom. The van der Waals surface area contributed by atoms with E-state index in [-0.39, 0.29) is 23.2 Å². The van der Waals surface area contributed by atoms with Crippen LogP contribution in [-0.4, -0.2) is 34.6 Å². The number of nitrogens with zero attached hydrogens (tertiary/aromatic N) is 1. The lowest BCUT2D eigenvalue weighted by Crippen LogP contribution is -2.50. The van der Waals surface area contributed by atoms with Crippen molar-refractivity contribution in [2.45, 2.75) is 24.5 Å². The van der Waals surface area contributed by atoms with Crippen molar-refractivity contribution >= 4 is 40.3 Å². The molecule has 212 valence electrons. The Bertz CT molecular complexity index is 1510. The van der Waals surface area contributed by atoms with E-state index in [9.17, 15) is 27.2 Å². The molecule has 4 rings (SSSR count). The third-order valence-electron chi connectivity index (χ3n) is 6.03. The monoisotopic (exact) mass is 679 g/mol. The summed E-state index contributed by atoms with van der Waals surface area (Å²) < 4.78 is 58.5. The van der Waals surface area contributed by atoms with Crippen LogP contribution in [0.1, 0.15) is 27.2 Å². The normalized spacial score (nSPS) is 12.8. The fourth-order valence-electron chi connectivity index (χ4n) is 4.13. The van der Waals surface area contributed by atoms with Crippen LogP contribution in [0.4, 0.5) is 28.0 Å². The number of amides is 2. The molecule has 3 N–H and O–H groups in total. The quantitative estimate of drug-likeness (QED) is 0.125. The average molecular weight is 679 g/mol. The molecule has 3 aromatic carbocycles. The number of carbonyl (C=O) groups excluding carboxylic acids is 1. The molecule has 1 heterocycles. The molecule has 0 fully saturated rings. The van der Waals surface area contributed by atoms with Gasteiger partial charge in [-0.2, -0.15) is 17.6 Å². The van der Waals surface area contributed by atoms with E-state index in [1.807, 2.05) is 0 Å². The number of pyridine rings is 1. The lowest BCUT2D eigenvalue weighted by Gasteiger charge is -2.35. The van der Waals surface area contributed by atoms with E-state index < -0.39 is 35.8 Å². The average Bonchev–Trinajstić information content (AvgIpc) is 2.93. The Morgan fingerprint density at radius 1 is 0.951 bits per heavy atom. The van der Waals surface area contributed by atoms with Crippen LogP contribution < -0.4 is 15.4 Å². The van der Waals surface area contributed by atoms with E-state index in [2.05, 4.69) is 42.9 Å². The van der Waals surface area contributed by atoms with Gasteiger partial charge in [-0.3, -0.25) is 4.98 Å². The summed E-state index contributed by atoms with van der Waals surface area (Å²) in [4.78, 5) is 29.1. The molecule has 4 aromatic rings. The van der Waals surface area contributed by atoms with Crippen molar-refractivity contribution in [2.75, 3.05) is 5.32 Å². The summed E-state index contributed by atoms with van der Waals surface area (Å²) in [6, 6.07) is 22.3. The predicted molar refractivity (Wildman–Crippen MR) is 151 cm³/mol. The SMILES string of the molecule is O=C(Nc1ccc(C(=O)O)cc1)N[C@@](Cc1ccccc1)(c1cccc(OC(F)(F)C(F)F)c1)c1ccc(I)cn1. The summed E-state index contributed by atoms with van der Waals surface area (Å²) in [6.45, 7) is 0. The minimum absolute atomic E-state index is 0.0230. The number of halogens is 5. The Hall–Kier alpha value is -4.20. The first-order valence-corrected chi connectivity index (χ1v) is 13.1. The summed E-state index contributed by atoms with van der Waals surface area (Å²) in [5, 5.41) is 14.7. The van der Waals surface area contributed by atoms with Crippen LogP contribution in [0.15, 0.2) is 97.2 Å². The second kappa shape index (κ2) is 12.5. The summed E-state index contributed by atoms with van der Waals surface area (Å²) in [6.07, 6.45) is -7.16. The number of carboxylic acid groups (broad SMARTS) is 1. The summed E-state index contributed by atoms with van der Waals surface area (Å²) in [7, 11) is 0. The van der Waals surface area contributed by atoms with Crippen LogP contribution in [-0.2, 0) is 12.0 Å². The number of hydrogen-bond acceptors (Lipinski definition) is 4. The zero-order chi connectivity index (χ0) is 29.6. The molecule has 2 amide bonds. The van der Waals surface area contributed by atoms with Crippen molar-refractivity contribution in [1.82, 2.24) is 10.3 Å². The van der Waals surface area contributed by atoms with Gasteiger partial charge in [0.05, 0.1) is 11.3 Å². The third-order valence-corrected chi connectivity index (χ3v) is 6.67. The number of benzene rings is 3.